The Balaban J connectivity index is 0.000000245. The first-order chi connectivity index (χ1) is 15.0. The number of nitrogens with zero attached hydrogens (tertiary/aromatic N) is 1. The Morgan fingerprint density at radius 2 is 1.65 bits per heavy atom. The first-order valence-corrected chi connectivity index (χ1v) is 9.45. The summed E-state index contributed by atoms with van der Waals surface area (Å²) in [6, 6.07) is 14.3. The number of nitrogen functional groups attached to an aromatic ring is 2. The van der Waals surface area contributed by atoms with Crippen LogP contribution in [0.4, 0.5) is 20.2 Å². The molecule has 0 radical (unpaired) electrons. The number of halogens is 2. The quantitative estimate of drug-likeness (QED) is 0.367. The van der Waals surface area contributed by atoms with Crippen molar-refractivity contribution in [3.63, 3.8) is 0 Å². The van der Waals surface area contributed by atoms with Crippen molar-refractivity contribution in [1.29, 1.82) is 0 Å². The van der Waals surface area contributed by atoms with E-state index in [1.807, 2.05) is 6.07 Å². The molecule has 5 rings (SSSR count). The van der Waals surface area contributed by atoms with E-state index in [0.29, 0.717) is 40.3 Å². The summed E-state index contributed by atoms with van der Waals surface area (Å²) in [7, 11) is 0. The van der Waals surface area contributed by atoms with Crippen LogP contribution in [0.15, 0.2) is 67.0 Å². The van der Waals surface area contributed by atoms with Gasteiger partial charge in [-0.05, 0) is 47.5 Å². The van der Waals surface area contributed by atoms with E-state index in [1.54, 1.807) is 42.7 Å². The van der Waals surface area contributed by atoms with E-state index in [0.717, 1.165) is 5.56 Å². The Morgan fingerprint density at radius 3 is 2.29 bits per heavy atom. The topological polar surface area (TPSA) is 110 Å². The predicted molar refractivity (Wildman–Crippen MR) is 116 cm³/mol. The third kappa shape index (κ3) is 3.95. The molecule has 0 fully saturated rings. The van der Waals surface area contributed by atoms with Crippen LogP contribution in [0.3, 0.4) is 0 Å². The highest BCUT2D eigenvalue weighted by molar-refractivity contribution is 6.06. The minimum atomic E-state index is -0.405. The maximum atomic E-state index is 14.3. The van der Waals surface area contributed by atoms with E-state index in [2.05, 4.69) is 15.3 Å². The van der Waals surface area contributed by atoms with Gasteiger partial charge in [-0.3, -0.25) is 4.79 Å². The summed E-state index contributed by atoms with van der Waals surface area (Å²) < 4.78 is 26.5. The molecule has 1 aliphatic heterocycles. The van der Waals surface area contributed by atoms with Gasteiger partial charge in [0, 0.05) is 35.8 Å². The smallest absolute Gasteiger partial charge is 0.252 e. The van der Waals surface area contributed by atoms with Crippen LogP contribution in [-0.4, -0.2) is 15.9 Å². The molecule has 0 saturated carbocycles. The van der Waals surface area contributed by atoms with Gasteiger partial charge in [-0.2, -0.15) is 0 Å². The molecular weight excluding hydrogens is 400 g/mol. The molecule has 0 spiro atoms. The Hall–Kier alpha value is -4.20. The van der Waals surface area contributed by atoms with Gasteiger partial charge in [0.15, 0.2) is 0 Å². The number of hydrogen-bond acceptors (Lipinski definition) is 4. The lowest BCUT2D eigenvalue weighted by Gasteiger charge is -2.11. The van der Waals surface area contributed by atoms with E-state index < -0.39 is 5.82 Å². The summed E-state index contributed by atoms with van der Waals surface area (Å²) in [4.78, 5) is 19.4. The molecule has 0 atom stereocenters. The normalized spacial score (nSPS) is 12.0. The van der Waals surface area contributed by atoms with Crippen LogP contribution in [-0.2, 0) is 6.54 Å². The molecule has 6 nitrogen and oxygen atoms in total. The van der Waals surface area contributed by atoms with E-state index in [-0.39, 0.29) is 17.4 Å². The minimum Gasteiger partial charge on any atom is -0.399 e. The fraction of sp³-hybridized carbons (Fsp3) is 0.0435. The lowest BCUT2D eigenvalue weighted by atomic mass is 9.92. The number of para-hydroxylation sites is 1. The Morgan fingerprint density at radius 1 is 0.903 bits per heavy atom. The Bertz CT molecular complexity index is 1230. The number of nitrogens with one attached hydrogen (secondary N) is 2. The third-order valence-electron chi connectivity index (χ3n) is 4.91. The lowest BCUT2D eigenvalue weighted by Crippen LogP contribution is -2.13. The molecule has 1 amide bonds. The number of hydrogen-bond donors (Lipinski definition) is 4. The molecule has 0 aliphatic carbocycles. The van der Waals surface area contributed by atoms with Crippen LogP contribution < -0.4 is 16.8 Å². The molecule has 6 N–H and O–H groups in total. The maximum Gasteiger partial charge on any atom is 0.252 e. The van der Waals surface area contributed by atoms with Gasteiger partial charge in [-0.25, -0.2) is 13.8 Å². The number of benzene rings is 3. The van der Waals surface area contributed by atoms with Crippen molar-refractivity contribution in [2.75, 3.05) is 11.5 Å². The number of imidazole rings is 1. The summed E-state index contributed by atoms with van der Waals surface area (Å²) >= 11 is 0. The van der Waals surface area contributed by atoms with Gasteiger partial charge < -0.3 is 21.8 Å². The van der Waals surface area contributed by atoms with Crippen LogP contribution in [0.5, 0.6) is 0 Å². The number of carbonyl (C=O) groups is 1. The number of aromatic amines is 1. The molecule has 1 aromatic heterocycles. The van der Waals surface area contributed by atoms with Crippen molar-refractivity contribution < 1.29 is 13.6 Å². The van der Waals surface area contributed by atoms with E-state index in [1.165, 1.54) is 18.2 Å². The van der Waals surface area contributed by atoms with Crippen LogP contribution in [0.1, 0.15) is 15.9 Å². The van der Waals surface area contributed by atoms with Crippen molar-refractivity contribution in [3.8, 4) is 22.5 Å². The molecule has 31 heavy (non-hydrogen) atoms. The zero-order chi connectivity index (χ0) is 22.0. The van der Waals surface area contributed by atoms with Gasteiger partial charge in [-0.1, -0.05) is 18.2 Å². The van der Waals surface area contributed by atoms with Gasteiger partial charge in [0.1, 0.15) is 17.5 Å². The lowest BCUT2D eigenvalue weighted by molar-refractivity contribution is 0.0966. The van der Waals surface area contributed by atoms with Gasteiger partial charge in [0.2, 0.25) is 0 Å². The van der Waals surface area contributed by atoms with Gasteiger partial charge >= 0.3 is 0 Å². The largest absolute Gasteiger partial charge is 0.399 e. The molecule has 3 aromatic carbocycles. The van der Waals surface area contributed by atoms with Crippen LogP contribution in [0.25, 0.3) is 22.5 Å². The number of nitrogens with two attached hydrogens (primary N) is 2. The van der Waals surface area contributed by atoms with Crippen LogP contribution in [0.2, 0.25) is 0 Å². The van der Waals surface area contributed by atoms with Gasteiger partial charge in [0.05, 0.1) is 11.3 Å². The molecule has 0 bridgehead atoms. The average Bonchev–Trinajstić information content (AvgIpc) is 3.41. The van der Waals surface area contributed by atoms with Gasteiger partial charge in [0.25, 0.3) is 5.91 Å². The molecule has 2 heterocycles. The van der Waals surface area contributed by atoms with Crippen molar-refractivity contribution >= 4 is 17.3 Å². The first-order valence-electron chi connectivity index (χ1n) is 9.45. The highest BCUT2D eigenvalue weighted by atomic mass is 19.1. The monoisotopic (exact) mass is 419 g/mol. The molecule has 156 valence electrons. The molecule has 8 heteroatoms. The summed E-state index contributed by atoms with van der Waals surface area (Å²) in [5.41, 5.74) is 14.5. The van der Waals surface area contributed by atoms with Crippen molar-refractivity contribution in [2.24, 2.45) is 0 Å². The highest BCUT2D eigenvalue weighted by Crippen LogP contribution is 2.36. The second-order valence-electron chi connectivity index (χ2n) is 6.90. The second kappa shape index (κ2) is 8.27. The van der Waals surface area contributed by atoms with Crippen LogP contribution >= 0.6 is 0 Å². The Kier molecular flexibility index (Phi) is 5.36. The third-order valence-corrected chi connectivity index (χ3v) is 4.91. The fourth-order valence-electron chi connectivity index (χ4n) is 3.43. The van der Waals surface area contributed by atoms with Crippen molar-refractivity contribution in [3.05, 3.63) is 89.8 Å². The number of anilines is 2. The Labute approximate surface area is 176 Å². The summed E-state index contributed by atoms with van der Waals surface area (Å²) in [6.45, 7) is 0.363. The minimum absolute atomic E-state index is 0.177. The standard InChI is InChI=1S/C17H13FN4O.C6H6FN/c18-14-7-9(19)1-2-11(14)10-3-4-12(16-20-5-6-21-16)15-13(10)8-22-17(15)23;7-5-3-1-2-4-6(5)8/h1-7H,8,19H2,(H,20,21)(H,22,23);1-4H,8H2. The van der Waals surface area contributed by atoms with Gasteiger partial charge in [-0.15, -0.1) is 0 Å². The second-order valence-corrected chi connectivity index (χ2v) is 6.90. The van der Waals surface area contributed by atoms with Crippen molar-refractivity contribution in [2.45, 2.75) is 6.54 Å². The highest BCUT2D eigenvalue weighted by Gasteiger charge is 2.27. The number of rotatable bonds is 2. The number of amides is 1. The number of fused-ring (bicyclic) bond motifs is 1. The number of H-pyrrole nitrogens is 1. The van der Waals surface area contributed by atoms with Crippen molar-refractivity contribution in [1.82, 2.24) is 15.3 Å². The molecule has 4 aromatic rings. The van der Waals surface area contributed by atoms with Crippen LogP contribution in [0, 0.1) is 11.6 Å². The molecule has 0 saturated heterocycles. The first kappa shape index (κ1) is 20.1. The summed E-state index contributed by atoms with van der Waals surface area (Å²) in [6.07, 6.45) is 3.32. The number of carbonyl (C=O) groups excluding carboxylic acids is 1. The summed E-state index contributed by atoms with van der Waals surface area (Å²) in [5, 5.41) is 2.80. The maximum absolute atomic E-state index is 14.3. The van der Waals surface area contributed by atoms with E-state index in [4.69, 9.17) is 11.5 Å². The molecular formula is C23H19F2N5O. The van der Waals surface area contributed by atoms with E-state index >= 15 is 0 Å². The van der Waals surface area contributed by atoms with E-state index in [9.17, 15) is 13.6 Å². The molecule has 1 aliphatic rings. The average molecular weight is 419 g/mol. The SMILES string of the molecule is Nc1ccc(-c2ccc(-c3ncc[nH]3)c3c2CNC3=O)c(F)c1.Nc1ccccc1F. The number of aromatic nitrogens is 2. The zero-order valence-corrected chi connectivity index (χ0v) is 16.3. The zero-order valence-electron chi connectivity index (χ0n) is 16.3. The summed E-state index contributed by atoms with van der Waals surface area (Å²) in [5.74, 6) is -0.323. The predicted octanol–water partition coefficient (Wildman–Crippen LogP) is 4.12. The fourth-order valence-corrected chi connectivity index (χ4v) is 3.43. The molecule has 0 unspecified atom stereocenters.